The first-order chi connectivity index (χ1) is 7.13. The zero-order valence-corrected chi connectivity index (χ0v) is 8.52. The van der Waals surface area contributed by atoms with Crippen LogP contribution in [0.4, 0.5) is 0 Å². The van der Waals surface area contributed by atoms with Gasteiger partial charge in [-0.25, -0.2) is 0 Å². The van der Waals surface area contributed by atoms with Gasteiger partial charge in [-0.05, 0) is 18.2 Å². The van der Waals surface area contributed by atoms with E-state index < -0.39 is 0 Å². The highest BCUT2D eigenvalue weighted by Gasteiger charge is 2.07. The number of nitrogens with zero attached hydrogens (tertiary/aromatic N) is 1. The van der Waals surface area contributed by atoms with E-state index in [2.05, 4.69) is 0 Å². The van der Waals surface area contributed by atoms with Gasteiger partial charge in [0, 0.05) is 18.5 Å². The highest BCUT2D eigenvalue weighted by molar-refractivity contribution is 5.86. The van der Waals surface area contributed by atoms with Crippen LogP contribution in [0, 0.1) is 0 Å². The fourth-order valence-corrected chi connectivity index (χ4v) is 1.59. The quantitative estimate of drug-likeness (QED) is 0.762. The lowest BCUT2D eigenvalue weighted by molar-refractivity contribution is 0.418. The second-order valence-electron chi connectivity index (χ2n) is 3.31. The smallest absolute Gasteiger partial charge is 0.254 e. The van der Waals surface area contributed by atoms with Crippen LogP contribution in [0.2, 0.25) is 0 Å². The molecule has 78 valence electrons. The van der Waals surface area contributed by atoms with Crippen molar-refractivity contribution in [3.8, 4) is 11.5 Å². The number of aryl methyl sites for hydroxylation is 1. The average Bonchev–Trinajstić information content (AvgIpc) is 2.23. The minimum Gasteiger partial charge on any atom is -0.508 e. The Balaban J connectivity index is 2.96. The molecule has 4 nitrogen and oxygen atoms in total. The summed E-state index contributed by atoms with van der Waals surface area (Å²) >= 11 is 0. The standard InChI is InChI=1S/C11H11NO3/c1-12-9-4-3-7(13)5-8(9)10(15-2)6-11(12)14/h3-6,13H,1-2H3. The van der Waals surface area contributed by atoms with Crippen molar-refractivity contribution in [3.05, 3.63) is 34.6 Å². The molecule has 15 heavy (non-hydrogen) atoms. The summed E-state index contributed by atoms with van der Waals surface area (Å²) in [5.41, 5.74) is 0.599. The molecule has 2 rings (SSSR count). The zero-order chi connectivity index (χ0) is 11.0. The van der Waals surface area contributed by atoms with Gasteiger partial charge in [0.05, 0.1) is 12.6 Å². The van der Waals surface area contributed by atoms with Gasteiger partial charge in [-0.1, -0.05) is 0 Å². The lowest BCUT2D eigenvalue weighted by Crippen LogP contribution is -2.16. The summed E-state index contributed by atoms with van der Waals surface area (Å²) in [5.74, 6) is 0.628. The number of hydrogen-bond acceptors (Lipinski definition) is 3. The third-order valence-corrected chi connectivity index (χ3v) is 2.41. The third-order valence-electron chi connectivity index (χ3n) is 2.41. The summed E-state index contributed by atoms with van der Waals surface area (Å²) in [6.45, 7) is 0. The Morgan fingerprint density at radius 1 is 1.33 bits per heavy atom. The van der Waals surface area contributed by atoms with Gasteiger partial charge in [-0.3, -0.25) is 4.79 Å². The van der Waals surface area contributed by atoms with E-state index in [-0.39, 0.29) is 11.3 Å². The number of pyridine rings is 1. The minimum atomic E-state index is -0.134. The molecule has 4 heteroatoms. The largest absolute Gasteiger partial charge is 0.508 e. The van der Waals surface area contributed by atoms with E-state index in [1.54, 1.807) is 25.2 Å². The normalized spacial score (nSPS) is 10.5. The number of benzene rings is 1. The molecule has 0 bridgehead atoms. The summed E-state index contributed by atoms with van der Waals surface area (Å²) in [7, 11) is 3.18. The van der Waals surface area contributed by atoms with Crippen LogP contribution in [0.25, 0.3) is 10.9 Å². The maximum Gasteiger partial charge on any atom is 0.254 e. The van der Waals surface area contributed by atoms with Gasteiger partial charge in [-0.15, -0.1) is 0 Å². The molecule has 1 N–H and O–H groups in total. The van der Waals surface area contributed by atoms with Gasteiger partial charge >= 0.3 is 0 Å². The second-order valence-corrected chi connectivity index (χ2v) is 3.31. The van der Waals surface area contributed by atoms with E-state index in [4.69, 9.17) is 4.74 Å². The molecule has 0 aliphatic rings. The Morgan fingerprint density at radius 2 is 2.07 bits per heavy atom. The van der Waals surface area contributed by atoms with Crippen LogP contribution in [-0.4, -0.2) is 16.8 Å². The van der Waals surface area contributed by atoms with Crippen LogP contribution in [0.5, 0.6) is 11.5 Å². The molecular formula is C11H11NO3. The number of aromatic nitrogens is 1. The maximum atomic E-state index is 11.5. The summed E-state index contributed by atoms with van der Waals surface area (Å²) in [5, 5.41) is 10.1. The molecule has 0 unspecified atom stereocenters. The van der Waals surface area contributed by atoms with Gasteiger partial charge in [0.15, 0.2) is 0 Å². The number of fused-ring (bicyclic) bond motifs is 1. The molecule has 0 radical (unpaired) electrons. The monoisotopic (exact) mass is 205 g/mol. The van der Waals surface area contributed by atoms with Gasteiger partial charge in [0.25, 0.3) is 5.56 Å². The van der Waals surface area contributed by atoms with Crippen LogP contribution in [0.15, 0.2) is 29.1 Å². The van der Waals surface area contributed by atoms with E-state index in [9.17, 15) is 9.90 Å². The highest BCUT2D eigenvalue weighted by Crippen LogP contribution is 2.26. The van der Waals surface area contributed by atoms with Crippen molar-refractivity contribution in [2.45, 2.75) is 0 Å². The summed E-state index contributed by atoms with van der Waals surface area (Å²) in [4.78, 5) is 11.5. The molecule has 1 heterocycles. The van der Waals surface area contributed by atoms with Crippen molar-refractivity contribution in [1.82, 2.24) is 4.57 Å². The Labute approximate surface area is 86.3 Å². The molecule has 0 amide bonds. The number of ether oxygens (including phenoxy) is 1. The predicted octanol–water partition coefficient (Wildman–Crippen LogP) is 1.25. The van der Waals surface area contributed by atoms with E-state index in [1.807, 2.05) is 0 Å². The number of phenolic OH excluding ortho intramolecular Hbond substituents is 1. The summed E-state index contributed by atoms with van der Waals surface area (Å²) < 4.78 is 6.61. The molecule has 1 aromatic heterocycles. The van der Waals surface area contributed by atoms with Gasteiger partial charge in [-0.2, -0.15) is 0 Å². The first-order valence-corrected chi connectivity index (χ1v) is 4.50. The molecule has 0 atom stereocenters. The zero-order valence-electron chi connectivity index (χ0n) is 8.52. The summed E-state index contributed by atoms with van der Waals surface area (Å²) in [6.07, 6.45) is 0. The molecule has 0 aliphatic carbocycles. The van der Waals surface area contributed by atoms with Crippen molar-refractivity contribution >= 4 is 10.9 Å². The number of methoxy groups -OCH3 is 1. The van der Waals surface area contributed by atoms with Crippen LogP contribution in [0.1, 0.15) is 0 Å². The van der Waals surface area contributed by atoms with E-state index in [0.717, 1.165) is 10.9 Å². The van der Waals surface area contributed by atoms with Crippen molar-refractivity contribution in [3.63, 3.8) is 0 Å². The van der Waals surface area contributed by atoms with Crippen molar-refractivity contribution in [2.24, 2.45) is 7.05 Å². The maximum absolute atomic E-state index is 11.5. The molecule has 0 fully saturated rings. The minimum absolute atomic E-state index is 0.134. The molecule has 1 aromatic carbocycles. The fraction of sp³-hybridized carbons (Fsp3) is 0.182. The van der Waals surface area contributed by atoms with E-state index in [1.165, 1.54) is 17.7 Å². The van der Waals surface area contributed by atoms with Crippen LogP contribution in [0.3, 0.4) is 0 Å². The molecule has 0 saturated heterocycles. The first kappa shape index (κ1) is 9.58. The Morgan fingerprint density at radius 3 is 2.73 bits per heavy atom. The SMILES string of the molecule is COc1cc(=O)n(C)c2ccc(O)cc12. The number of aromatic hydroxyl groups is 1. The highest BCUT2D eigenvalue weighted by atomic mass is 16.5. The topological polar surface area (TPSA) is 51.5 Å². The molecular weight excluding hydrogens is 194 g/mol. The lowest BCUT2D eigenvalue weighted by Gasteiger charge is -2.09. The number of rotatable bonds is 1. The van der Waals surface area contributed by atoms with E-state index in [0.29, 0.717) is 5.75 Å². The van der Waals surface area contributed by atoms with Crippen molar-refractivity contribution in [2.75, 3.05) is 7.11 Å². The fourth-order valence-electron chi connectivity index (χ4n) is 1.59. The van der Waals surface area contributed by atoms with Crippen LogP contribution < -0.4 is 10.3 Å². The van der Waals surface area contributed by atoms with Crippen molar-refractivity contribution in [1.29, 1.82) is 0 Å². The second kappa shape index (κ2) is 3.31. The van der Waals surface area contributed by atoms with Crippen LogP contribution in [-0.2, 0) is 7.05 Å². The Bertz CT molecular complexity index is 572. The predicted molar refractivity (Wildman–Crippen MR) is 57.4 cm³/mol. The number of phenols is 1. The first-order valence-electron chi connectivity index (χ1n) is 4.50. The van der Waals surface area contributed by atoms with E-state index >= 15 is 0 Å². The summed E-state index contributed by atoms with van der Waals surface area (Å²) in [6, 6.07) is 6.21. The van der Waals surface area contributed by atoms with Gasteiger partial charge in [0.2, 0.25) is 0 Å². The molecule has 0 aliphatic heterocycles. The Kier molecular flexibility index (Phi) is 2.11. The van der Waals surface area contributed by atoms with Crippen molar-refractivity contribution < 1.29 is 9.84 Å². The van der Waals surface area contributed by atoms with Gasteiger partial charge in [0.1, 0.15) is 11.5 Å². The molecule has 0 spiro atoms. The Hall–Kier alpha value is -1.97. The lowest BCUT2D eigenvalue weighted by atomic mass is 10.2. The average molecular weight is 205 g/mol. The molecule has 2 aromatic rings. The number of hydrogen-bond donors (Lipinski definition) is 1. The molecule has 0 saturated carbocycles. The van der Waals surface area contributed by atoms with Crippen LogP contribution >= 0.6 is 0 Å². The third kappa shape index (κ3) is 1.44. The van der Waals surface area contributed by atoms with Gasteiger partial charge < -0.3 is 14.4 Å².